The van der Waals surface area contributed by atoms with Crippen LogP contribution in [0.1, 0.15) is 82.1 Å². The van der Waals surface area contributed by atoms with Crippen molar-refractivity contribution in [2.45, 2.75) is 84.2 Å². The van der Waals surface area contributed by atoms with Crippen molar-refractivity contribution in [1.29, 1.82) is 0 Å². The third-order valence-electron chi connectivity index (χ3n) is 7.33. The van der Waals surface area contributed by atoms with E-state index < -0.39 is 24.5 Å². The molecule has 40 heavy (non-hydrogen) atoms. The van der Waals surface area contributed by atoms with Crippen LogP contribution in [0.2, 0.25) is 0 Å². The molecule has 0 bridgehead atoms. The van der Waals surface area contributed by atoms with Gasteiger partial charge >= 0.3 is 5.97 Å². The number of nitrogens with zero attached hydrogens (tertiary/aromatic N) is 2. The monoisotopic (exact) mass is 556 g/mol. The van der Waals surface area contributed by atoms with Gasteiger partial charge < -0.3 is 25.2 Å². The molecule has 1 heterocycles. The average molecular weight is 557 g/mol. The number of methoxy groups -OCH3 is 2. The van der Waals surface area contributed by atoms with Gasteiger partial charge in [0.15, 0.2) is 5.69 Å². The summed E-state index contributed by atoms with van der Waals surface area (Å²) in [5.41, 5.74) is 1.63. The first kappa shape index (κ1) is 31.0. The predicted molar refractivity (Wildman–Crippen MR) is 153 cm³/mol. The predicted octanol–water partition coefficient (Wildman–Crippen LogP) is 4.66. The van der Waals surface area contributed by atoms with E-state index in [0.717, 1.165) is 12.8 Å². The molecule has 10 heteroatoms. The lowest BCUT2D eigenvalue weighted by Gasteiger charge is -2.23. The number of aliphatic carboxylic acids is 1. The van der Waals surface area contributed by atoms with Gasteiger partial charge in [0.2, 0.25) is 5.91 Å². The molecule has 1 saturated carbocycles. The summed E-state index contributed by atoms with van der Waals surface area (Å²) in [5.74, 6) is 0.262. The van der Waals surface area contributed by atoms with E-state index in [9.17, 15) is 14.4 Å². The maximum absolute atomic E-state index is 13.5. The van der Waals surface area contributed by atoms with E-state index in [1.54, 1.807) is 25.0 Å². The molecule has 0 aliphatic heterocycles. The molecule has 3 rings (SSSR count). The summed E-state index contributed by atoms with van der Waals surface area (Å²) >= 11 is 0. The second kappa shape index (κ2) is 15.3. The largest absolute Gasteiger partial charge is 0.496 e. The first-order valence-corrected chi connectivity index (χ1v) is 14.3. The van der Waals surface area contributed by atoms with Gasteiger partial charge in [0.25, 0.3) is 5.91 Å². The fourth-order valence-electron chi connectivity index (χ4n) is 5.40. The highest BCUT2D eigenvalue weighted by molar-refractivity contribution is 5.94. The molecule has 3 N–H and O–H groups in total. The second-order valence-electron chi connectivity index (χ2n) is 11.0. The Morgan fingerprint density at radius 2 is 1.77 bits per heavy atom. The van der Waals surface area contributed by atoms with E-state index in [1.165, 1.54) is 32.1 Å². The van der Waals surface area contributed by atoms with E-state index in [1.807, 2.05) is 18.2 Å². The molecule has 1 aliphatic rings. The zero-order valence-electron chi connectivity index (χ0n) is 24.2. The molecule has 0 unspecified atom stereocenters. The van der Waals surface area contributed by atoms with Crippen LogP contribution < -0.4 is 20.1 Å². The van der Waals surface area contributed by atoms with Crippen molar-refractivity contribution in [3.63, 3.8) is 0 Å². The van der Waals surface area contributed by atoms with Crippen LogP contribution in [-0.4, -0.2) is 59.5 Å². The Kier molecular flexibility index (Phi) is 11.8. The molecule has 220 valence electrons. The number of hydrogen-bond acceptors (Lipinski definition) is 6. The summed E-state index contributed by atoms with van der Waals surface area (Å²) in [5, 5.41) is 19.0. The molecule has 1 aromatic heterocycles. The summed E-state index contributed by atoms with van der Waals surface area (Å²) in [7, 11) is 3.17. The number of carboxylic acid groups (broad SMARTS) is 1. The van der Waals surface area contributed by atoms with E-state index in [2.05, 4.69) is 29.6 Å². The summed E-state index contributed by atoms with van der Waals surface area (Å²) in [6.45, 7) is 4.27. The van der Waals surface area contributed by atoms with E-state index in [4.69, 9.17) is 14.6 Å². The molecule has 1 aromatic carbocycles. The van der Waals surface area contributed by atoms with Crippen LogP contribution in [-0.2, 0) is 16.1 Å². The third kappa shape index (κ3) is 8.99. The Balaban J connectivity index is 1.82. The number of ether oxygens (including phenoxy) is 2. The summed E-state index contributed by atoms with van der Waals surface area (Å²) < 4.78 is 13.0. The number of benzene rings is 1. The first-order chi connectivity index (χ1) is 19.2. The number of carboxylic acids is 1. The van der Waals surface area contributed by atoms with Crippen LogP contribution in [0.25, 0.3) is 11.3 Å². The standard InChI is InChI=1S/C30H44N4O6/c1-20(2)19-34-24(29-25(39-3)14-9-15-26(29)40-4)17-23(33-34)30(38)32-22(16-27(35)31-18-28(36)37)13-8-12-21-10-6-5-7-11-21/h9,14-15,17,20-22H,5-8,10-13,16,18-19H2,1-4H3,(H,31,35)(H,32,38)(H,36,37)/t22-/m0/s1. The Morgan fingerprint density at radius 1 is 1.10 bits per heavy atom. The zero-order valence-corrected chi connectivity index (χ0v) is 24.2. The van der Waals surface area contributed by atoms with Crippen molar-refractivity contribution in [3.8, 4) is 22.8 Å². The van der Waals surface area contributed by atoms with Gasteiger partial charge in [-0.25, -0.2) is 0 Å². The highest BCUT2D eigenvalue weighted by Crippen LogP contribution is 2.39. The minimum absolute atomic E-state index is 0.00355. The number of aromatic nitrogens is 2. The lowest BCUT2D eigenvalue weighted by Crippen LogP contribution is -2.40. The topological polar surface area (TPSA) is 132 Å². The van der Waals surface area contributed by atoms with Crippen LogP contribution in [0.5, 0.6) is 11.5 Å². The van der Waals surface area contributed by atoms with Crippen molar-refractivity contribution in [3.05, 3.63) is 30.0 Å². The fourth-order valence-corrected chi connectivity index (χ4v) is 5.40. The summed E-state index contributed by atoms with van der Waals surface area (Å²) in [6.07, 6.45) is 8.87. The lowest BCUT2D eigenvalue weighted by molar-refractivity contribution is -0.138. The van der Waals surface area contributed by atoms with Gasteiger partial charge in [0, 0.05) is 19.0 Å². The van der Waals surface area contributed by atoms with Crippen LogP contribution in [0.4, 0.5) is 0 Å². The minimum Gasteiger partial charge on any atom is -0.496 e. The minimum atomic E-state index is -1.11. The molecule has 0 saturated heterocycles. The maximum atomic E-state index is 13.5. The fraction of sp³-hybridized carbons (Fsp3) is 0.600. The van der Waals surface area contributed by atoms with Gasteiger partial charge in [-0.3, -0.25) is 19.1 Å². The van der Waals surface area contributed by atoms with Gasteiger partial charge in [0.05, 0.1) is 25.5 Å². The Morgan fingerprint density at radius 3 is 2.38 bits per heavy atom. The summed E-state index contributed by atoms with van der Waals surface area (Å²) in [4.78, 5) is 36.9. The van der Waals surface area contributed by atoms with Gasteiger partial charge in [0.1, 0.15) is 18.0 Å². The van der Waals surface area contributed by atoms with E-state index in [-0.39, 0.29) is 23.9 Å². The smallest absolute Gasteiger partial charge is 0.322 e. The van der Waals surface area contributed by atoms with Crippen LogP contribution in [0, 0.1) is 11.8 Å². The molecule has 1 aliphatic carbocycles. The second-order valence-corrected chi connectivity index (χ2v) is 11.0. The average Bonchev–Trinajstić information content (AvgIpc) is 3.34. The highest BCUT2D eigenvalue weighted by Gasteiger charge is 2.24. The van der Waals surface area contributed by atoms with E-state index in [0.29, 0.717) is 41.6 Å². The first-order valence-electron chi connectivity index (χ1n) is 14.3. The SMILES string of the molecule is COc1cccc(OC)c1-c1cc(C(=O)N[C@@H](CCCC2CCCCC2)CC(=O)NCC(=O)O)nn1CC(C)C. The van der Waals surface area contributed by atoms with Crippen LogP contribution >= 0.6 is 0 Å². The number of carbonyl (C=O) groups excluding carboxylic acids is 2. The highest BCUT2D eigenvalue weighted by atomic mass is 16.5. The van der Waals surface area contributed by atoms with Gasteiger partial charge in [-0.15, -0.1) is 0 Å². The normalized spacial score (nSPS) is 14.5. The number of amides is 2. The molecular formula is C30H44N4O6. The molecule has 2 amide bonds. The molecule has 0 spiro atoms. The third-order valence-corrected chi connectivity index (χ3v) is 7.33. The van der Waals surface area contributed by atoms with Crippen molar-refractivity contribution in [2.75, 3.05) is 20.8 Å². The van der Waals surface area contributed by atoms with Gasteiger partial charge in [-0.2, -0.15) is 5.10 Å². The van der Waals surface area contributed by atoms with Gasteiger partial charge in [-0.05, 0) is 36.5 Å². The summed E-state index contributed by atoms with van der Waals surface area (Å²) in [6, 6.07) is 6.79. The van der Waals surface area contributed by atoms with Crippen molar-refractivity contribution >= 4 is 17.8 Å². The zero-order chi connectivity index (χ0) is 29.1. The van der Waals surface area contributed by atoms with Crippen molar-refractivity contribution in [1.82, 2.24) is 20.4 Å². The van der Waals surface area contributed by atoms with Crippen molar-refractivity contribution in [2.24, 2.45) is 11.8 Å². The number of hydrogen-bond donors (Lipinski definition) is 3. The molecule has 1 atom stereocenters. The lowest BCUT2D eigenvalue weighted by atomic mass is 9.85. The maximum Gasteiger partial charge on any atom is 0.322 e. The quantitative estimate of drug-likeness (QED) is 0.291. The number of rotatable bonds is 15. The number of carbonyl (C=O) groups is 3. The van der Waals surface area contributed by atoms with Crippen LogP contribution in [0.3, 0.4) is 0 Å². The molecular weight excluding hydrogens is 512 g/mol. The van der Waals surface area contributed by atoms with Crippen LogP contribution in [0.15, 0.2) is 24.3 Å². The molecule has 1 fully saturated rings. The van der Waals surface area contributed by atoms with E-state index >= 15 is 0 Å². The molecule has 0 radical (unpaired) electrons. The Hall–Kier alpha value is -3.56. The van der Waals surface area contributed by atoms with Crippen molar-refractivity contribution < 1.29 is 29.0 Å². The Labute approximate surface area is 236 Å². The molecule has 2 aromatic rings. The van der Waals surface area contributed by atoms with Gasteiger partial charge in [-0.1, -0.05) is 64.9 Å². The number of nitrogens with one attached hydrogen (secondary N) is 2. The molecule has 10 nitrogen and oxygen atoms in total. The Bertz CT molecular complexity index is 1120.